The van der Waals surface area contributed by atoms with E-state index in [4.69, 9.17) is 0 Å². The summed E-state index contributed by atoms with van der Waals surface area (Å²) in [6, 6.07) is 4.90. The number of hydrogen-bond acceptors (Lipinski definition) is 1. The first kappa shape index (κ1) is 9.83. The molecule has 2 nitrogen and oxygen atoms in total. The third-order valence-corrected chi connectivity index (χ3v) is 1.95. The van der Waals surface area contributed by atoms with Crippen LogP contribution in [0.5, 0.6) is 0 Å². The summed E-state index contributed by atoms with van der Waals surface area (Å²) < 4.78 is 35.9. The molecule has 2 rings (SSSR count). The Labute approximate surface area is 83.9 Å². The van der Waals surface area contributed by atoms with Crippen molar-refractivity contribution in [3.8, 4) is 0 Å². The Kier molecular flexibility index (Phi) is 2.26. The van der Waals surface area contributed by atoms with Gasteiger partial charge in [-0.1, -0.05) is 12.1 Å². The molecule has 0 spiro atoms. The van der Waals surface area contributed by atoms with Crippen molar-refractivity contribution in [2.45, 2.75) is 0 Å². The van der Waals surface area contributed by atoms with Crippen LogP contribution in [0.25, 0.3) is 17.1 Å². The first-order chi connectivity index (χ1) is 7.04. The van der Waals surface area contributed by atoms with E-state index in [1.807, 2.05) is 0 Å². The van der Waals surface area contributed by atoms with Gasteiger partial charge >= 0.3 is 6.98 Å². The minimum Gasteiger partial charge on any atom is -0.445 e. The van der Waals surface area contributed by atoms with Crippen molar-refractivity contribution in [3.63, 3.8) is 0 Å². The van der Waals surface area contributed by atoms with E-state index in [-0.39, 0.29) is 5.98 Å². The molecule has 0 saturated carbocycles. The molecule has 0 saturated heterocycles. The lowest BCUT2D eigenvalue weighted by Crippen LogP contribution is -2.09. The Hall–Kier alpha value is -1.72. The molecule has 15 heavy (non-hydrogen) atoms. The molecule has 1 heterocycles. The number of benzene rings is 1. The Morgan fingerprint density at radius 2 is 2.07 bits per heavy atom. The highest BCUT2D eigenvalue weighted by molar-refractivity contribution is 6.64. The number of aromatic amines is 1. The summed E-state index contributed by atoms with van der Waals surface area (Å²) in [4.78, 5) is 6.81. The summed E-state index contributed by atoms with van der Waals surface area (Å²) in [6.45, 7) is -4.87. The van der Waals surface area contributed by atoms with E-state index in [2.05, 4.69) is 9.97 Å². The van der Waals surface area contributed by atoms with Crippen LogP contribution < -0.4 is 0 Å². The SMILES string of the molecule is F[B-](F)(F)/C=C/c1ccc2nc[nH]c2c1. The summed E-state index contributed by atoms with van der Waals surface area (Å²) in [6.07, 6.45) is 2.56. The molecule has 0 fully saturated rings. The molecule has 2 aromatic rings. The third kappa shape index (κ3) is 2.40. The van der Waals surface area contributed by atoms with E-state index in [0.29, 0.717) is 5.56 Å². The molecule has 1 aromatic carbocycles. The number of nitrogens with zero attached hydrogens (tertiary/aromatic N) is 1. The van der Waals surface area contributed by atoms with E-state index >= 15 is 0 Å². The molecule has 0 aliphatic heterocycles. The second-order valence-electron chi connectivity index (χ2n) is 3.16. The predicted molar refractivity (Wildman–Crippen MR) is 54.2 cm³/mol. The van der Waals surface area contributed by atoms with Gasteiger partial charge < -0.3 is 17.9 Å². The van der Waals surface area contributed by atoms with Gasteiger partial charge in [-0.25, -0.2) is 4.98 Å². The molecule has 0 aliphatic carbocycles. The summed E-state index contributed by atoms with van der Waals surface area (Å²) in [5.74, 6) is 0.275. The van der Waals surface area contributed by atoms with Gasteiger partial charge in [0.25, 0.3) is 0 Å². The van der Waals surface area contributed by atoms with Crippen molar-refractivity contribution in [1.29, 1.82) is 0 Å². The van der Waals surface area contributed by atoms with Crippen molar-refractivity contribution >= 4 is 24.1 Å². The number of fused-ring (bicyclic) bond motifs is 1. The van der Waals surface area contributed by atoms with Gasteiger partial charge in [0.1, 0.15) is 0 Å². The van der Waals surface area contributed by atoms with Gasteiger partial charge in [-0.2, -0.15) is 0 Å². The molecular weight excluding hydrogens is 204 g/mol. The zero-order chi connectivity index (χ0) is 10.9. The molecule has 0 aliphatic rings. The van der Waals surface area contributed by atoms with Gasteiger partial charge in [0.05, 0.1) is 17.4 Å². The summed E-state index contributed by atoms with van der Waals surface area (Å²) in [7, 11) is 0. The van der Waals surface area contributed by atoms with Gasteiger partial charge in [0, 0.05) is 0 Å². The number of imidazole rings is 1. The Morgan fingerprint density at radius 3 is 2.80 bits per heavy atom. The van der Waals surface area contributed by atoms with Crippen LogP contribution in [0.4, 0.5) is 12.9 Å². The minimum atomic E-state index is -4.87. The van der Waals surface area contributed by atoms with Crippen LogP contribution in [0.3, 0.4) is 0 Å². The lowest BCUT2D eigenvalue weighted by molar-refractivity contribution is 0.499. The third-order valence-electron chi connectivity index (χ3n) is 1.95. The first-order valence-corrected chi connectivity index (χ1v) is 4.37. The van der Waals surface area contributed by atoms with E-state index in [1.54, 1.807) is 18.2 Å². The van der Waals surface area contributed by atoms with Crippen molar-refractivity contribution in [1.82, 2.24) is 9.97 Å². The van der Waals surface area contributed by atoms with Gasteiger partial charge in [0.2, 0.25) is 0 Å². The van der Waals surface area contributed by atoms with Crippen LogP contribution in [-0.2, 0) is 0 Å². The second-order valence-corrected chi connectivity index (χ2v) is 3.16. The van der Waals surface area contributed by atoms with Gasteiger partial charge in [0.15, 0.2) is 0 Å². The largest absolute Gasteiger partial charge is 0.502 e. The maximum Gasteiger partial charge on any atom is 0.502 e. The van der Waals surface area contributed by atoms with Crippen LogP contribution in [0.15, 0.2) is 30.5 Å². The topological polar surface area (TPSA) is 28.7 Å². The van der Waals surface area contributed by atoms with E-state index in [1.165, 1.54) is 6.33 Å². The Bertz CT molecular complexity index is 501. The molecule has 1 N–H and O–H groups in total. The molecule has 0 atom stereocenters. The molecule has 1 aromatic heterocycles. The van der Waals surface area contributed by atoms with Gasteiger partial charge in [-0.05, 0) is 17.7 Å². The number of H-pyrrole nitrogens is 1. The fraction of sp³-hybridized carbons (Fsp3) is 0. The number of hydrogen-bond donors (Lipinski definition) is 1. The molecular formula is C9H7BF3N2-. The van der Waals surface area contributed by atoms with E-state index in [9.17, 15) is 12.9 Å². The Morgan fingerprint density at radius 1 is 1.27 bits per heavy atom. The fourth-order valence-electron chi connectivity index (χ4n) is 1.28. The van der Waals surface area contributed by atoms with Crippen LogP contribution in [0.1, 0.15) is 5.56 Å². The normalized spacial score (nSPS) is 12.7. The highest BCUT2D eigenvalue weighted by Crippen LogP contribution is 2.16. The highest BCUT2D eigenvalue weighted by Gasteiger charge is 2.16. The zero-order valence-electron chi connectivity index (χ0n) is 7.62. The number of rotatable bonds is 2. The number of aromatic nitrogens is 2. The quantitative estimate of drug-likeness (QED) is 0.760. The molecule has 78 valence electrons. The van der Waals surface area contributed by atoms with Crippen molar-refractivity contribution in [2.75, 3.05) is 0 Å². The minimum absolute atomic E-state index is 0.275. The summed E-state index contributed by atoms with van der Waals surface area (Å²) in [5.41, 5.74) is 1.97. The maximum absolute atomic E-state index is 12.0. The van der Waals surface area contributed by atoms with Crippen LogP contribution in [-0.4, -0.2) is 16.9 Å². The Balaban J connectivity index is 2.33. The summed E-state index contributed by atoms with van der Waals surface area (Å²) in [5, 5.41) is 0. The van der Waals surface area contributed by atoms with Gasteiger partial charge in [-0.15, -0.1) is 5.98 Å². The molecule has 0 radical (unpaired) electrons. The molecule has 0 unspecified atom stereocenters. The van der Waals surface area contributed by atoms with Crippen molar-refractivity contribution < 1.29 is 12.9 Å². The van der Waals surface area contributed by atoms with Crippen molar-refractivity contribution in [3.05, 3.63) is 36.1 Å². The highest BCUT2D eigenvalue weighted by atomic mass is 19.4. The predicted octanol–water partition coefficient (Wildman–Crippen LogP) is 2.96. The summed E-state index contributed by atoms with van der Waals surface area (Å²) >= 11 is 0. The fourth-order valence-corrected chi connectivity index (χ4v) is 1.28. The number of nitrogens with one attached hydrogen (secondary N) is 1. The number of halogens is 3. The molecule has 0 amide bonds. The van der Waals surface area contributed by atoms with E-state index in [0.717, 1.165) is 17.1 Å². The first-order valence-electron chi connectivity index (χ1n) is 4.37. The average Bonchev–Trinajstić information content (AvgIpc) is 2.60. The maximum atomic E-state index is 12.0. The molecule has 6 heteroatoms. The second kappa shape index (κ2) is 3.45. The lowest BCUT2D eigenvalue weighted by Gasteiger charge is -2.06. The van der Waals surface area contributed by atoms with Crippen LogP contribution in [0.2, 0.25) is 0 Å². The monoisotopic (exact) mass is 211 g/mol. The average molecular weight is 211 g/mol. The van der Waals surface area contributed by atoms with Gasteiger partial charge in [-0.3, -0.25) is 0 Å². The van der Waals surface area contributed by atoms with Crippen LogP contribution >= 0.6 is 0 Å². The van der Waals surface area contributed by atoms with E-state index < -0.39 is 6.98 Å². The standard InChI is InChI=1S/C9H7BF3N2/c11-10(12,13)4-3-7-1-2-8-9(5-7)15-6-14-8/h1-6H,(H,14,15)/q-1/b4-3+. The molecule has 0 bridgehead atoms. The van der Waals surface area contributed by atoms with Crippen molar-refractivity contribution in [2.24, 2.45) is 0 Å². The smallest absolute Gasteiger partial charge is 0.445 e. The lowest BCUT2D eigenvalue weighted by atomic mass is 9.90. The van der Waals surface area contributed by atoms with Crippen LogP contribution in [0, 0.1) is 0 Å². The zero-order valence-corrected chi connectivity index (χ0v) is 7.62.